The summed E-state index contributed by atoms with van der Waals surface area (Å²) in [6, 6.07) is 6.86. The molecule has 0 saturated heterocycles. The molecule has 0 aliphatic heterocycles. The summed E-state index contributed by atoms with van der Waals surface area (Å²) in [5.74, 6) is 0. The number of aromatic nitrogens is 1. The number of hydrogen-bond donors (Lipinski definition) is 1. The normalized spacial score (nSPS) is 12.4. The van der Waals surface area contributed by atoms with Gasteiger partial charge in [0.2, 0.25) is 0 Å². The number of aryl methyl sites for hydroxylation is 1. The van der Waals surface area contributed by atoms with Crippen molar-refractivity contribution >= 4 is 33.0 Å². The molecule has 1 heterocycles. The lowest BCUT2D eigenvalue weighted by Crippen LogP contribution is -2.18. The van der Waals surface area contributed by atoms with Gasteiger partial charge in [-0.1, -0.05) is 6.07 Å². The molecule has 0 spiro atoms. The Labute approximate surface area is 133 Å². The van der Waals surface area contributed by atoms with E-state index in [9.17, 15) is 0 Å². The maximum atomic E-state index is 4.52. The van der Waals surface area contributed by atoms with E-state index in [1.165, 1.54) is 11.3 Å². The van der Waals surface area contributed by atoms with Crippen LogP contribution in [0.1, 0.15) is 29.2 Å². The van der Waals surface area contributed by atoms with Crippen LogP contribution in [0.5, 0.6) is 0 Å². The molecule has 0 bridgehead atoms. The lowest BCUT2D eigenvalue weighted by Gasteiger charge is -2.21. The van der Waals surface area contributed by atoms with Gasteiger partial charge in [-0.3, -0.25) is 0 Å². The van der Waals surface area contributed by atoms with E-state index in [-0.39, 0.29) is 0 Å². The molecule has 2 aromatic rings. The maximum Gasteiger partial charge on any atom is 0.0898 e. The van der Waals surface area contributed by atoms with E-state index >= 15 is 0 Å². The zero-order chi connectivity index (χ0) is 14.7. The quantitative estimate of drug-likeness (QED) is 0.875. The standard InChI is InChI=1S/C15H20BrN3S/c1-10(17-3)12-5-6-15(14(16)7-12)19(4)8-13-9-20-11(2)18-13/h5-7,9-10,17H,8H2,1-4H3. The third kappa shape index (κ3) is 3.59. The van der Waals surface area contributed by atoms with E-state index in [1.54, 1.807) is 11.3 Å². The molecule has 1 aromatic heterocycles. The first-order valence-electron chi connectivity index (χ1n) is 6.60. The van der Waals surface area contributed by atoms with E-state index in [1.807, 2.05) is 14.0 Å². The number of thiazole rings is 1. The number of hydrogen-bond acceptors (Lipinski definition) is 4. The molecule has 1 aromatic carbocycles. The van der Waals surface area contributed by atoms with Crippen molar-refractivity contribution in [3.63, 3.8) is 0 Å². The molecular formula is C15H20BrN3S. The average molecular weight is 354 g/mol. The van der Waals surface area contributed by atoms with Gasteiger partial charge in [-0.2, -0.15) is 0 Å². The predicted molar refractivity (Wildman–Crippen MR) is 90.6 cm³/mol. The van der Waals surface area contributed by atoms with Crippen molar-refractivity contribution < 1.29 is 0 Å². The molecule has 2 rings (SSSR count). The summed E-state index contributed by atoms with van der Waals surface area (Å²) in [6.07, 6.45) is 0. The molecule has 1 N–H and O–H groups in total. The van der Waals surface area contributed by atoms with Crippen LogP contribution in [0, 0.1) is 6.92 Å². The van der Waals surface area contributed by atoms with Gasteiger partial charge in [0, 0.05) is 22.9 Å². The molecule has 1 unspecified atom stereocenters. The van der Waals surface area contributed by atoms with E-state index in [4.69, 9.17) is 0 Å². The molecule has 0 amide bonds. The molecule has 3 nitrogen and oxygen atoms in total. The summed E-state index contributed by atoms with van der Waals surface area (Å²) in [5, 5.41) is 6.50. The van der Waals surface area contributed by atoms with E-state index in [0.717, 1.165) is 21.7 Å². The van der Waals surface area contributed by atoms with Crippen molar-refractivity contribution in [3.05, 3.63) is 44.3 Å². The highest BCUT2D eigenvalue weighted by atomic mass is 79.9. The summed E-state index contributed by atoms with van der Waals surface area (Å²) < 4.78 is 1.12. The zero-order valence-electron chi connectivity index (χ0n) is 12.3. The molecule has 108 valence electrons. The first-order valence-corrected chi connectivity index (χ1v) is 8.27. The van der Waals surface area contributed by atoms with Crippen LogP contribution in [0.2, 0.25) is 0 Å². The smallest absolute Gasteiger partial charge is 0.0898 e. The molecule has 0 fully saturated rings. The lowest BCUT2D eigenvalue weighted by atomic mass is 10.1. The molecule has 0 radical (unpaired) electrons. The van der Waals surface area contributed by atoms with Crippen LogP contribution in [0.25, 0.3) is 0 Å². The molecule has 0 aliphatic rings. The Morgan fingerprint density at radius 3 is 2.75 bits per heavy atom. The Kier molecular flexibility index (Phi) is 5.18. The van der Waals surface area contributed by atoms with Crippen LogP contribution < -0.4 is 10.2 Å². The summed E-state index contributed by atoms with van der Waals surface area (Å²) in [6.45, 7) is 5.02. The van der Waals surface area contributed by atoms with Crippen molar-refractivity contribution in [3.8, 4) is 0 Å². The third-order valence-electron chi connectivity index (χ3n) is 3.38. The Balaban J connectivity index is 2.15. The second kappa shape index (κ2) is 6.70. The van der Waals surface area contributed by atoms with Gasteiger partial charge in [-0.25, -0.2) is 4.98 Å². The minimum Gasteiger partial charge on any atom is -0.368 e. The van der Waals surface area contributed by atoms with Crippen molar-refractivity contribution in [1.82, 2.24) is 10.3 Å². The first kappa shape index (κ1) is 15.5. The number of halogens is 1. The Morgan fingerprint density at radius 1 is 1.45 bits per heavy atom. The third-order valence-corrected chi connectivity index (χ3v) is 4.84. The second-order valence-electron chi connectivity index (χ2n) is 4.94. The van der Waals surface area contributed by atoms with Gasteiger partial charge < -0.3 is 10.2 Å². The first-order chi connectivity index (χ1) is 9.51. The number of nitrogens with one attached hydrogen (secondary N) is 1. The highest BCUT2D eigenvalue weighted by Gasteiger charge is 2.11. The summed E-state index contributed by atoms with van der Waals surface area (Å²) in [4.78, 5) is 6.73. The van der Waals surface area contributed by atoms with Gasteiger partial charge in [0.1, 0.15) is 0 Å². The molecule has 0 saturated carbocycles. The Bertz CT molecular complexity index is 582. The van der Waals surface area contributed by atoms with Gasteiger partial charge in [0.25, 0.3) is 0 Å². The van der Waals surface area contributed by atoms with Gasteiger partial charge in [0.05, 0.1) is 22.9 Å². The van der Waals surface area contributed by atoms with Crippen LogP contribution in [0.15, 0.2) is 28.1 Å². The summed E-state index contributed by atoms with van der Waals surface area (Å²) in [5.41, 5.74) is 3.58. The molecule has 1 atom stereocenters. The monoisotopic (exact) mass is 353 g/mol. The molecule has 5 heteroatoms. The van der Waals surface area contributed by atoms with Crippen molar-refractivity contribution in [2.45, 2.75) is 26.4 Å². The van der Waals surface area contributed by atoms with Crippen molar-refractivity contribution in [1.29, 1.82) is 0 Å². The van der Waals surface area contributed by atoms with E-state index in [2.05, 4.69) is 68.7 Å². The predicted octanol–water partition coefficient (Wildman–Crippen LogP) is 4.13. The van der Waals surface area contributed by atoms with E-state index in [0.29, 0.717) is 6.04 Å². The largest absolute Gasteiger partial charge is 0.368 e. The lowest BCUT2D eigenvalue weighted by molar-refractivity contribution is 0.652. The van der Waals surface area contributed by atoms with Crippen LogP contribution in [0.3, 0.4) is 0 Å². The number of anilines is 1. The number of benzene rings is 1. The van der Waals surface area contributed by atoms with Gasteiger partial charge in [-0.15, -0.1) is 11.3 Å². The molecule has 0 aliphatic carbocycles. The van der Waals surface area contributed by atoms with Crippen LogP contribution in [-0.4, -0.2) is 19.1 Å². The highest BCUT2D eigenvalue weighted by Crippen LogP contribution is 2.29. The Hall–Kier alpha value is -0.910. The Morgan fingerprint density at radius 2 is 2.20 bits per heavy atom. The summed E-state index contributed by atoms with van der Waals surface area (Å²) >= 11 is 5.37. The zero-order valence-corrected chi connectivity index (χ0v) is 14.7. The topological polar surface area (TPSA) is 28.2 Å². The fourth-order valence-electron chi connectivity index (χ4n) is 2.08. The number of nitrogens with zero attached hydrogens (tertiary/aromatic N) is 2. The highest BCUT2D eigenvalue weighted by molar-refractivity contribution is 9.10. The SMILES string of the molecule is CNC(C)c1ccc(N(C)Cc2csc(C)n2)c(Br)c1. The van der Waals surface area contributed by atoms with E-state index < -0.39 is 0 Å². The maximum absolute atomic E-state index is 4.52. The van der Waals surface area contributed by atoms with Crippen molar-refractivity contribution in [2.75, 3.05) is 19.0 Å². The minimum absolute atomic E-state index is 0.354. The fraction of sp³-hybridized carbons (Fsp3) is 0.400. The number of rotatable bonds is 5. The molecule has 20 heavy (non-hydrogen) atoms. The molecular weight excluding hydrogens is 334 g/mol. The van der Waals surface area contributed by atoms with Gasteiger partial charge >= 0.3 is 0 Å². The summed E-state index contributed by atoms with van der Waals surface area (Å²) in [7, 11) is 4.07. The van der Waals surface area contributed by atoms with Gasteiger partial charge in [0.15, 0.2) is 0 Å². The average Bonchev–Trinajstić information content (AvgIpc) is 2.82. The van der Waals surface area contributed by atoms with Crippen LogP contribution in [0.4, 0.5) is 5.69 Å². The second-order valence-corrected chi connectivity index (χ2v) is 6.85. The minimum atomic E-state index is 0.354. The van der Waals surface area contributed by atoms with Crippen LogP contribution >= 0.6 is 27.3 Å². The van der Waals surface area contributed by atoms with Crippen molar-refractivity contribution in [2.24, 2.45) is 0 Å². The van der Waals surface area contributed by atoms with Crippen LogP contribution in [-0.2, 0) is 6.54 Å². The fourth-order valence-corrected chi connectivity index (χ4v) is 3.38. The van der Waals surface area contributed by atoms with Gasteiger partial charge in [-0.05, 0) is 54.5 Å².